The van der Waals surface area contributed by atoms with Gasteiger partial charge in [-0.3, -0.25) is 4.79 Å². The number of esters is 1. The first-order chi connectivity index (χ1) is 17.2. The van der Waals surface area contributed by atoms with Crippen LogP contribution in [0, 0.1) is 35.5 Å². The van der Waals surface area contributed by atoms with Crippen molar-refractivity contribution in [2.45, 2.75) is 141 Å². The molecule has 4 saturated carbocycles. The van der Waals surface area contributed by atoms with Crippen molar-refractivity contribution in [2.75, 3.05) is 6.61 Å². The third kappa shape index (κ3) is 8.08. The lowest BCUT2D eigenvalue weighted by Crippen LogP contribution is -2.33. The molecule has 0 saturated heterocycles. The molecule has 0 amide bonds. The van der Waals surface area contributed by atoms with Crippen molar-refractivity contribution in [2.24, 2.45) is 35.5 Å². The molecule has 4 aliphatic rings. The molecular weight excluding hydrogens is 432 g/mol. The van der Waals surface area contributed by atoms with Crippen molar-refractivity contribution in [3.8, 4) is 0 Å². The largest absolute Gasteiger partial charge is 0.462 e. The van der Waals surface area contributed by atoms with Gasteiger partial charge in [-0.2, -0.15) is 0 Å². The zero-order valence-electron chi connectivity index (χ0n) is 22.8. The van der Waals surface area contributed by atoms with E-state index >= 15 is 0 Å². The van der Waals surface area contributed by atoms with Crippen molar-refractivity contribution in [1.29, 1.82) is 0 Å². The Balaban J connectivity index is 1.09. The van der Waals surface area contributed by atoms with Gasteiger partial charge in [-0.25, -0.2) is 0 Å². The molecule has 0 N–H and O–H groups in total. The lowest BCUT2D eigenvalue weighted by atomic mass is 9.66. The van der Waals surface area contributed by atoms with Crippen LogP contribution in [0.3, 0.4) is 0 Å². The van der Waals surface area contributed by atoms with Crippen LogP contribution in [0.4, 0.5) is 0 Å². The molecule has 4 rings (SSSR count). The number of rotatable bonds is 10. The maximum atomic E-state index is 12.8. The molecule has 0 bridgehead atoms. The standard InChI is InChI=1S/C32H54O3/c1-3-5-6-24-7-9-29(10-8-24)32(33)35-31-21-17-28(18-22-31)26-13-11-25(12-14-26)27-15-19-30(20-16-27)34-23-4-2/h3,24-31H,1,4-23H2,2H3. The molecule has 200 valence electrons. The highest BCUT2D eigenvalue weighted by atomic mass is 16.5. The van der Waals surface area contributed by atoms with Gasteiger partial charge < -0.3 is 9.47 Å². The van der Waals surface area contributed by atoms with E-state index < -0.39 is 0 Å². The fraction of sp³-hybridized carbons (Fsp3) is 0.906. The molecule has 3 heteroatoms. The second-order valence-electron chi connectivity index (χ2n) is 12.6. The fourth-order valence-corrected chi connectivity index (χ4v) is 8.08. The van der Waals surface area contributed by atoms with Crippen LogP contribution in [0.1, 0.15) is 129 Å². The van der Waals surface area contributed by atoms with Crippen LogP contribution in [0.15, 0.2) is 12.7 Å². The summed E-state index contributed by atoms with van der Waals surface area (Å²) in [4.78, 5) is 12.8. The Bertz CT molecular complexity index is 613. The first-order valence-corrected chi connectivity index (χ1v) is 15.6. The molecule has 4 fully saturated rings. The molecule has 3 nitrogen and oxygen atoms in total. The van der Waals surface area contributed by atoms with Gasteiger partial charge in [-0.15, -0.1) is 6.58 Å². The number of hydrogen-bond acceptors (Lipinski definition) is 3. The zero-order valence-corrected chi connectivity index (χ0v) is 22.8. The number of ether oxygens (including phenoxy) is 2. The van der Waals surface area contributed by atoms with Crippen LogP contribution in [0.5, 0.6) is 0 Å². The number of hydrogen-bond donors (Lipinski definition) is 0. The minimum atomic E-state index is 0.117. The van der Waals surface area contributed by atoms with Crippen LogP contribution in [-0.2, 0) is 14.3 Å². The van der Waals surface area contributed by atoms with E-state index in [9.17, 15) is 4.79 Å². The summed E-state index contributed by atoms with van der Waals surface area (Å²) >= 11 is 0. The highest BCUT2D eigenvalue weighted by Gasteiger charge is 2.36. The number of carbonyl (C=O) groups excluding carboxylic acids is 1. The summed E-state index contributed by atoms with van der Waals surface area (Å²) in [5, 5.41) is 0. The molecule has 0 atom stereocenters. The van der Waals surface area contributed by atoms with Crippen molar-refractivity contribution < 1.29 is 14.3 Å². The SMILES string of the molecule is C=CCCC1CCC(C(=O)OC2CCC(C3CCC(C4CCC(OCCC)CC4)CC3)CC2)CC1. The third-order valence-corrected chi connectivity index (χ3v) is 10.4. The highest BCUT2D eigenvalue weighted by molar-refractivity contribution is 5.72. The van der Waals surface area contributed by atoms with Crippen LogP contribution in [0.2, 0.25) is 0 Å². The average molecular weight is 487 g/mol. The first-order valence-electron chi connectivity index (χ1n) is 15.6. The Morgan fingerprint density at radius 2 is 1.20 bits per heavy atom. The highest BCUT2D eigenvalue weighted by Crippen LogP contribution is 2.45. The van der Waals surface area contributed by atoms with E-state index in [1.165, 1.54) is 83.5 Å². The van der Waals surface area contributed by atoms with Gasteiger partial charge in [-0.05, 0) is 152 Å². The fourth-order valence-electron chi connectivity index (χ4n) is 8.08. The van der Waals surface area contributed by atoms with E-state index in [0.29, 0.717) is 6.10 Å². The van der Waals surface area contributed by atoms with E-state index in [-0.39, 0.29) is 18.0 Å². The molecule has 0 aliphatic heterocycles. The molecular formula is C32H54O3. The van der Waals surface area contributed by atoms with Gasteiger partial charge in [0.2, 0.25) is 0 Å². The quantitative estimate of drug-likeness (QED) is 0.229. The summed E-state index contributed by atoms with van der Waals surface area (Å²) in [6.45, 7) is 7.00. The summed E-state index contributed by atoms with van der Waals surface area (Å²) in [7, 11) is 0. The van der Waals surface area contributed by atoms with E-state index in [1.54, 1.807) is 0 Å². The predicted molar refractivity (Wildman–Crippen MR) is 144 cm³/mol. The van der Waals surface area contributed by atoms with Crippen LogP contribution >= 0.6 is 0 Å². The molecule has 4 aliphatic carbocycles. The second kappa shape index (κ2) is 14.2. The van der Waals surface area contributed by atoms with Gasteiger partial charge in [0.05, 0.1) is 12.0 Å². The van der Waals surface area contributed by atoms with Gasteiger partial charge in [0, 0.05) is 6.61 Å². The Morgan fingerprint density at radius 1 is 0.714 bits per heavy atom. The van der Waals surface area contributed by atoms with E-state index in [4.69, 9.17) is 9.47 Å². The van der Waals surface area contributed by atoms with Gasteiger partial charge in [0.15, 0.2) is 0 Å². The minimum absolute atomic E-state index is 0.117. The van der Waals surface area contributed by atoms with Crippen LogP contribution in [-0.4, -0.2) is 24.8 Å². The molecule has 0 unspecified atom stereocenters. The second-order valence-corrected chi connectivity index (χ2v) is 12.6. The maximum absolute atomic E-state index is 12.8. The summed E-state index contributed by atoms with van der Waals surface area (Å²) in [5.41, 5.74) is 0. The van der Waals surface area contributed by atoms with Crippen molar-refractivity contribution in [3.63, 3.8) is 0 Å². The molecule has 35 heavy (non-hydrogen) atoms. The molecule has 0 aromatic carbocycles. The number of allylic oxidation sites excluding steroid dienone is 1. The van der Waals surface area contributed by atoms with Crippen molar-refractivity contribution in [1.82, 2.24) is 0 Å². The predicted octanol–water partition coefficient (Wildman–Crippen LogP) is 8.65. The average Bonchev–Trinajstić information content (AvgIpc) is 2.92. The number of carbonyl (C=O) groups is 1. The molecule has 0 aromatic rings. The molecule has 0 aromatic heterocycles. The van der Waals surface area contributed by atoms with Gasteiger partial charge in [0.1, 0.15) is 6.10 Å². The third-order valence-electron chi connectivity index (χ3n) is 10.4. The van der Waals surface area contributed by atoms with E-state index in [2.05, 4.69) is 13.5 Å². The van der Waals surface area contributed by atoms with Crippen molar-refractivity contribution in [3.05, 3.63) is 12.7 Å². The maximum Gasteiger partial charge on any atom is 0.309 e. The Hall–Kier alpha value is -0.830. The summed E-state index contributed by atoms with van der Waals surface area (Å²) in [5.74, 6) is 4.81. The van der Waals surface area contributed by atoms with E-state index in [0.717, 1.165) is 74.7 Å². The van der Waals surface area contributed by atoms with Gasteiger partial charge in [0.25, 0.3) is 0 Å². The summed E-state index contributed by atoms with van der Waals surface area (Å²) in [6.07, 6.45) is 26.7. The lowest BCUT2D eigenvalue weighted by molar-refractivity contribution is -0.157. The topological polar surface area (TPSA) is 35.5 Å². The smallest absolute Gasteiger partial charge is 0.309 e. The van der Waals surface area contributed by atoms with Crippen LogP contribution in [0.25, 0.3) is 0 Å². The minimum Gasteiger partial charge on any atom is -0.462 e. The summed E-state index contributed by atoms with van der Waals surface area (Å²) in [6, 6.07) is 0. The lowest BCUT2D eigenvalue weighted by Gasteiger charge is -2.41. The van der Waals surface area contributed by atoms with Crippen molar-refractivity contribution >= 4 is 5.97 Å². The molecule has 0 heterocycles. The van der Waals surface area contributed by atoms with Crippen LogP contribution < -0.4 is 0 Å². The van der Waals surface area contributed by atoms with E-state index in [1.807, 2.05) is 6.08 Å². The Kier molecular flexibility index (Phi) is 11.0. The molecule has 0 spiro atoms. The monoisotopic (exact) mass is 486 g/mol. The first kappa shape index (κ1) is 27.2. The molecule has 0 radical (unpaired) electrons. The Morgan fingerprint density at radius 3 is 1.69 bits per heavy atom. The van der Waals surface area contributed by atoms with Gasteiger partial charge in [-0.1, -0.05) is 13.0 Å². The van der Waals surface area contributed by atoms with Gasteiger partial charge >= 0.3 is 5.97 Å². The zero-order chi connectivity index (χ0) is 24.5. The summed E-state index contributed by atoms with van der Waals surface area (Å²) < 4.78 is 12.1. The normalized spacial score (nSPS) is 38.5. The Labute approximate surface area is 216 Å².